The Kier molecular flexibility index (Phi) is 5.97. The van der Waals surface area contributed by atoms with Crippen LogP contribution < -0.4 is 0 Å². The van der Waals surface area contributed by atoms with E-state index in [1.54, 1.807) is 30.3 Å². The molecule has 0 aliphatic heterocycles. The summed E-state index contributed by atoms with van der Waals surface area (Å²) < 4.78 is 32.6. The van der Waals surface area contributed by atoms with Crippen molar-refractivity contribution < 1.29 is 28.0 Å². The van der Waals surface area contributed by atoms with E-state index in [2.05, 4.69) is 20.3 Å². The molecule has 0 bridgehead atoms. The van der Waals surface area contributed by atoms with Crippen molar-refractivity contribution in [3.63, 3.8) is 0 Å². The molecule has 0 unspecified atom stereocenters. The van der Waals surface area contributed by atoms with Crippen LogP contribution in [0.1, 0.15) is 10.4 Å². The monoisotopic (exact) mass is 439 g/mol. The van der Waals surface area contributed by atoms with E-state index in [0.717, 1.165) is 6.07 Å². The molecular weight excluding hydrogens is 426 g/mol. The van der Waals surface area contributed by atoms with E-state index in [-0.39, 0.29) is 22.5 Å². The van der Waals surface area contributed by atoms with Gasteiger partial charge < -0.3 is 10.2 Å². The van der Waals surface area contributed by atoms with Gasteiger partial charge in [0.1, 0.15) is 11.3 Å². The van der Waals surface area contributed by atoms with Crippen molar-refractivity contribution in [1.82, 2.24) is 0 Å². The number of phenols is 1. The number of hydrogen-bond donors (Lipinski definition) is 3. The van der Waals surface area contributed by atoms with Gasteiger partial charge in [-0.25, -0.2) is 4.79 Å². The Morgan fingerprint density at radius 1 is 0.968 bits per heavy atom. The van der Waals surface area contributed by atoms with Gasteiger partial charge in [-0.1, -0.05) is 35.4 Å². The Bertz CT molecular complexity index is 1350. The summed E-state index contributed by atoms with van der Waals surface area (Å²) in [7, 11) is -4.81. The van der Waals surface area contributed by atoms with Crippen LogP contribution >= 0.6 is 0 Å². The smallest absolute Gasteiger partial charge is 0.339 e. The first-order valence-electron chi connectivity index (χ1n) is 8.45. The Morgan fingerprint density at radius 3 is 2.29 bits per heavy atom. The Morgan fingerprint density at radius 2 is 1.68 bits per heavy atom. The number of azo groups is 1. The summed E-state index contributed by atoms with van der Waals surface area (Å²) in [5.74, 6) is -2.42. The maximum absolute atomic E-state index is 11.6. The summed E-state index contributed by atoms with van der Waals surface area (Å²) in [5, 5.41) is 31.4. The van der Waals surface area contributed by atoms with E-state index in [1.807, 2.05) is 0 Å². The van der Waals surface area contributed by atoms with Gasteiger partial charge in [0.2, 0.25) is 0 Å². The molecule has 0 fully saturated rings. The molecule has 3 N–H and O–H groups in total. The second-order valence-electron chi connectivity index (χ2n) is 6.05. The average Bonchev–Trinajstić information content (AvgIpc) is 2.73. The molecule has 0 aliphatic rings. The molecule has 0 saturated carbocycles. The number of nitrogens with zero attached hydrogens (tertiary/aromatic N) is 5. The molecule has 0 atom stereocenters. The maximum Gasteiger partial charge on any atom is 0.339 e. The van der Waals surface area contributed by atoms with Gasteiger partial charge in [0.05, 0.1) is 22.0 Å². The van der Waals surface area contributed by atoms with Gasteiger partial charge in [0.25, 0.3) is 10.1 Å². The van der Waals surface area contributed by atoms with Gasteiger partial charge in [-0.3, -0.25) is 4.55 Å². The number of hydrogen-bond acceptors (Lipinski definition) is 7. The first-order valence-corrected chi connectivity index (χ1v) is 9.89. The predicted molar refractivity (Wildman–Crippen MR) is 110 cm³/mol. The van der Waals surface area contributed by atoms with E-state index in [1.165, 1.54) is 18.2 Å². The molecular formula is C19H13N5O6S. The Hall–Kier alpha value is -4.25. The molecule has 0 saturated heterocycles. The lowest BCUT2D eigenvalue weighted by Crippen LogP contribution is -2.04. The quantitative estimate of drug-likeness (QED) is 0.201. The lowest BCUT2D eigenvalue weighted by Gasteiger charge is -2.13. The zero-order chi connectivity index (χ0) is 22.6. The fraction of sp³-hybridized carbons (Fsp3) is 0. The van der Waals surface area contributed by atoms with Crippen molar-refractivity contribution in [3.8, 4) is 16.9 Å². The SMILES string of the molecule is [N-]=[N+]=Nc1c(N=Nc2ccccc2)cccc1-c1cc(S(=O)(=O)O)cc(C(=O)O)c1O. The minimum absolute atomic E-state index is 0.0205. The van der Waals surface area contributed by atoms with E-state index >= 15 is 0 Å². The molecule has 0 amide bonds. The van der Waals surface area contributed by atoms with Crippen molar-refractivity contribution in [2.75, 3.05) is 0 Å². The zero-order valence-corrected chi connectivity index (χ0v) is 16.3. The molecule has 0 heterocycles. The van der Waals surface area contributed by atoms with Crippen LogP contribution in [0, 0.1) is 0 Å². The molecule has 3 rings (SSSR count). The minimum Gasteiger partial charge on any atom is -0.506 e. The summed E-state index contributed by atoms with van der Waals surface area (Å²) >= 11 is 0. The number of aromatic carboxylic acids is 1. The summed E-state index contributed by atoms with van der Waals surface area (Å²) in [6.07, 6.45) is 0. The van der Waals surface area contributed by atoms with Crippen molar-refractivity contribution in [3.05, 3.63) is 76.7 Å². The molecule has 31 heavy (non-hydrogen) atoms. The van der Waals surface area contributed by atoms with Crippen molar-refractivity contribution in [2.24, 2.45) is 15.3 Å². The molecule has 0 spiro atoms. The Labute approximate surface area is 175 Å². The van der Waals surface area contributed by atoms with Gasteiger partial charge in [-0.15, -0.1) is 0 Å². The van der Waals surface area contributed by atoms with Crippen molar-refractivity contribution >= 4 is 33.1 Å². The first kappa shape index (κ1) is 21.5. The van der Waals surface area contributed by atoms with Crippen LogP contribution in [0.25, 0.3) is 21.6 Å². The molecule has 3 aromatic rings. The van der Waals surface area contributed by atoms with Gasteiger partial charge in [-0.2, -0.15) is 18.6 Å². The summed E-state index contributed by atoms with van der Waals surface area (Å²) in [4.78, 5) is 13.4. The van der Waals surface area contributed by atoms with Crippen LogP contribution in [-0.4, -0.2) is 29.2 Å². The van der Waals surface area contributed by atoms with Crippen LogP contribution in [0.5, 0.6) is 5.75 Å². The van der Waals surface area contributed by atoms with Crippen LogP contribution in [0.3, 0.4) is 0 Å². The van der Waals surface area contributed by atoms with E-state index in [0.29, 0.717) is 11.8 Å². The van der Waals surface area contributed by atoms with Crippen LogP contribution in [-0.2, 0) is 10.1 Å². The number of azide groups is 1. The molecule has 156 valence electrons. The van der Waals surface area contributed by atoms with Gasteiger partial charge >= 0.3 is 5.97 Å². The molecule has 0 aromatic heterocycles. The standard InChI is InChI=1S/C19H13N5O6S/c20-24-23-17-13(7-4-8-16(17)22-21-11-5-2-1-3-6-11)14-9-12(31(28,29)30)10-15(18(14)25)19(26)27/h1-10,25H,(H,26,27)(H,28,29,30). The van der Waals surface area contributed by atoms with Crippen LogP contribution in [0.15, 0.2) is 80.9 Å². The highest BCUT2D eigenvalue weighted by Crippen LogP contribution is 2.44. The largest absolute Gasteiger partial charge is 0.506 e. The lowest BCUT2D eigenvalue weighted by atomic mass is 9.99. The van der Waals surface area contributed by atoms with Crippen LogP contribution in [0.4, 0.5) is 17.1 Å². The average molecular weight is 439 g/mol. The number of rotatable bonds is 6. The third-order valence-electron chi connectivity index (χ3n) is 4.09. The first-order chi connectivity index (χ1) is 14.7. The highest BCUT2D eigenvalue weighted by atomic mass is 32.2. The third-order valence-corrected chi connectivity index (χ3v) is 4.92. The summed E-state index contributed by atoms with van der Waals surface area (Å²) in [6.45, 7) is 0. The summed E-state index contributed by atoms with van der Waals surface area (Å²) in [6, 6.07) is 14.4. The normalized spacial score (nSPS) is 11.3. The van der Waals surface area contributed by atoms with E-state index in [9.17, 15) is 28.0 Å². The topological polar surface area (TPSA) is 185 Å². The fourth-order valence-electron chi connectivity index (χ4n) is 2.71. The van der Waals surface area contributed by atoms with Crippen LogP contribution in [0.2, 0.25) is 0 Å². The second-order valence-corrected chi connectivity index (χ2v) is 7.47. The highest BCUT2D eigenvalue weighted by Gasteiger charge is 2.23. The minimum atomic E-state index is -4.81. The number of carboxylic acids is 1. The second kappa shape index (κ2) is 8.63. The van der Waals surface area contributed by atoms with Crippen molar-refractivity contribution in [1.29, 1.82) is 0 Å². The maximum atomic E-state index is 11.6. The fourth-order valence-corrected chi connectivity index (χ4v) is 3.24. The lowest BCUT2D eigenvalue weighted by molar-refractivity contribution is 0.0693. The Balaban J connectivity index is 2.28. The molecule has 0 aliphatic carbocycles. The summed E-state index contributed by atoms with van der Waals surface area (Å²) in [5.41, 5.74) is 8.35. The van der Waals surface area contributed by atoms with E-state index in [4.69, 9.17) is 5.53 Å². The predicted octanol–water partition coefficient (Wildman–Crippen LogP) is 5.36. The van der Waals surface area contributed by atoms with Gasteiger partial charge in [-0.05, 0) is 41.4 Å². The molecule has 3 aromatic carbocycles. The van der Waals surface area contributed by atoms with E-state index < -0.39 is 32.3 Å². The number of benzene rings is 3. The molecule has 0 radical (unpaired) electrons. The number of aromatic hydroxyl groups is 1. The molecule has 12 heteroatoms. The third kappa shape index (κ3) is 4.67. The number of carboxylic acid groups (broad SMARTS) is 1. The van der Waals surface area contributed by atoms with Crippen molar-refractivity contribution in [2.45, 2.75) is 4.90 Å². The zero-order valence-electron chi connectivity index (χ0n) is 15.5. The molecule has 11 nitrogen and oxygen atoms in total. The highest BCUT2D eigenvalue weighted by molar-refractivity contribution is 7.85. The number of carbonyl (C=O) groups is 1. The van der Waals surface area contributed by atoms with Gasteiger partial charge in [0, 0.05) is 10.5 Å². The van der Waals surface area contributed by atoms with Gasteiger partial charge in [0.15, 0.2) is 0 Å².